The van der Waals surface area contributed by atoms with Gasteiger partial charge in [-0.15, -0.1) is 0 Å². The Bertz CT molecular complexity index is 424. The van der Waals surface area contributed by atoms with Gasteiger partial charge in [0.15, 0.2) is 0 Å². The molecule has 1 aromatic rings. The molecule has 2 aliphatic rings. The molecule has 0 amide bonds. The Morgan fingerprint density at radius 1 is 1.21 bits per heavy atom. The Kier molecular flexibility index (Phi) is 4.16. The third-order valence-corrected chi connectivity index (χ3v) is 4.52. The first-order chi connectivity index (χ1) is 9.36. The van der Waals surface area contributed by atoms with Gasteiger partial charge in [0.25, 0.3) is 0 Å². The predicted molar refractivity (Wildman–Crippen MR) is 79.6 cm³/mol. The van der Waals surface area contributed by atoms with Gasteiger partial charge in [0.05, 0.1) is 0 Å². The summed E-state index contributed by atoms with van der Waals surface area (Å²) in [5.74, 6) is 0. The van der Waals surface area contributed by atoms with Crippen molar-refractivity contribution in [2.45, 2.75) is 25.3 Å². The number of aryl methyl sites for hydroxylation is 2. The van der Waals surface area contributed by atoms with Crippen molar-refractivity contribution in [2.24, 2.45) is 0 Å². The highest BCUT2D eigenvalue weighted by Crippen LogP contribution is 2.25. The molecular weight excluding hydrogens is 234 g/mol. The Balaban J connectivity index is 1.70. The maximum atomic E-state index is 3.49. The first-order valence-corrected chi connectivity index (χ1v) is 7.59. The summed E-state index contributed by atoms with van der Waals surface area (Å²) >= 11 is 0. The number of hydrogen-bond acceptors (Lipinski definition) is 3. The van der Waals surface area contributed by atoms with Crippen LogP contribution in [0.4, 0.5) is 0 Å². The lowest BCUT2D eigenvalue weighted by molar-refractivity contribution is 0.219. The van der Waals surface area contributed by atoms with Crippen molar-refractivity contribution in [3.05, 3.63) is 34.9 Å². The Hall–Kier alpha value is -0.900. The van der Waals surface area contributed by atoms with Crippen molar-refractivity contribution < 1.29 is 0 Å². The van der Waals surface area contributed by atoms with E-state index in [2.05, 4.69) is 40.8 Å². The molecule has 104 valence electrons. The maximum Gasteiger partial charge on any atom is 0.0446 e. The SMILES string of the molecule is CNC(CN1CCNCC1)c1ccc2c(c1)CCC2. The molecule has 19 heavy (non-hydrogen) atoms. The van der Waals surface area contributed by atoms with Crippen LogP contribution >= 0.6 is 0 Å². The molecule has 0 radical (unpaired) electrons. The third kappa shape index (κ3) is 2.99. The van der Waals surface area contributed by atoms with Gasteiger partial charge in [-0.2, -0.15) is 0 Å². The van der Waals surface area contributed by atoms with Crippen molar-refractivity contribution >= 4 is 0 Å². The van der Waals surface area contributed by atoms with E-state index in [1.165, 1.54) is 37.9 Å². The predicted octanol–water partition coefficient (Wildman–Crippen LogP) is 1.34. The van der Waals surface area contributed by atoms with Crippen molar-refractivity contribution in [1.82, 2.24) is 15.5 Å². The number of nitrogens with one attached hydrogen (secondary N) is 2. The largest absolute Gasteiger partial charge is 0.314 e. The number of hydrogen-bond donors (Lipinski definition) is 2. The number of likely N-dealkylation sites (N-methyl/N-ethyl adjacent to an activating group) is 1. The van der Waals surface area contributed by atoms with Gasteiger partial charge in [-0.3, -0.25) is 4.90 Å². The van der Waals surface area contributed by atoms with Gasteiger partial charge in [-0.05, 0) is 43.0 Å². The lowest BCUT2D eigenvalue weighted by Gasteiger charge is -2.31. The highest BCUT2D eigenvalue weighted by molar-refractivity contribution is 5.36. The highest BCUT2D eigenvalue weighted by atomic mass is 15.2. The molecule has 3 heteroatoms. The molecule has 0 aromatic heterocycles. The quantitative estimate of drug-likeness (QED) is 0.854. The molecule has 1 unspecified atom stereocenters. The fourth-order valence-electron chi connectivity index (χ4n) is 3.32. The van der Waals surface area contributed by atoms with Crippen molar-refractivity contribution in [3.63, 3.8) is 0 Å². The maximum absolute atomic E-state index is 3.49. The minimum atomic E-state index is 0.462. The van der Waals surface area contributed by atoms with Gasteiger partial charge in [0.2, 0.25) is 0 Å². The number of fused-ring (bicyclic) bond motifs is 1. The molecule has 1 saturated heterocycles. The zero-order chi connectivity index (χ0) is 13.1. The molecule has 2 N–H and O–H groups in total. The summed E-state index contributed by atoms with van der Waals surface area (Å²) < 4.78 is 0. The van der Waals surface area contributed by atoms with Gasteiger partial charge in [-0.25, -0.2) is 0 Å². The standard InChI is InChI=1S/C16H25N3/c1-17-16(12-19-9-7-18-8-10-19)15-6-5-13-3-2-4-14(13)11-15/h5-6,11,16-18H,2-4,7-10,12H2,1H3. The van der Waals surface area contributed by atoms with E-state index in [0.29, 0.717) is 6.04 Å². The Morgan fingerprint density at radius 2 is 2.00 bits per heavy atom. The van der Waals surface area contributed by atoms with E-state index in [0.717, 1.165) is 19.6 Å². The summed E-state index contributed by atoms with van der Waals surface area (Å²) in [5, 5.41) is 6.91. The molecule has 1 aromatic carbocycles. The molecule has 1 heterocycles. The molecule has 0 bridgehead atoms. The van der Waals surface area contributed by atoms with E-state index in [9.17, 15) is 0 Å². The summed E-state index contributed by atoms with van der Waals surface area (Å²) in [6, 6.07) is 7.57. The second kappa shape index (κ2) is 6.04. The summed E-state index contributed by atoms with van der Waals surface area (Å²) in [7, 11) is 2.08. The second-order valence-corrected chi connectivity index (χ2v) is 5.77. The molecular formula is C16H25N3. The van der Waals surface area contributed by atoms with Crippen LogP contribution in [0.3, 0.4) is 0 Å². The van der Waals surface area contributed by atoms with Crippen LogP contribution in [0, 0.1) is 0 Å². The zero-order valence-electron chi connectivity index (χ0n) is 11.9. The van der Waals surface area contributed by atoms with Gasteiger partial charge >= 0.3 is 0 Å². The molecule has 3 nitrogen and oxygen atoms in total. The van der Waals surface area contributed by atoms with E-state index in [1.807, 2.05) is 0 Å². The zero-order valence-corrected chi connectivity index (χ0v) is 11.9. The summed E-state index contributed by atoms with van der Waals surface area (Å²) in [6.07, 6.45) is 3.88. The van der Waals surface area contributed by atoms with Crippen LogP contribution in [0.5, 0.6) is 0 Å². The topological polar surface area (TPSA) is 27.3 Å². The average Bonchev–Trinajstić information content (AvgIpc) is 2.93. The minimum Gasteiger partial charge on any atom is -0.314 e. The summed E-state index contributed by atoms with van der Waals surface area (Å²) in [6.45, 7) is 5.71. The lowest BCUT2D eigenvalue weighted by atomic mass is 10.0. The van der Waals surface area contributed by atoms with E-state index < -0.39 is 0 Å². The molecule has 1 aliphatic heterocycles. The number of benzene rings is 1. The normalized spacial score (nSPS) is 21.3. The van der Waals surface area contributed by atoms with Crippen LogP contribution in [-0.2, 0) is 12.8 Å². The smallest absolute Gasteiger partial charge is 0.0446 e. The van der Waals surface area contributed by atoms with E-state index in [1.54, 1.807) is 11.1 Å². The molecule has 1 fully saturated rings. The second-order valence-electron chi connectivity index (χ2n) is 5.77. The van der Waals surface area contributed by atoms with Crippen LogP contribution in [-0.4, -0.2) is 44.7 Å². The molecule has 1 aliphatic carbocycles. The third-order valence-electron chi connectivity index (χ3n) is 4.52. The van der Waals surface area contributed by atoms with Gasteiger partial charge in [0.1, 0.15) is 0 Å². The van der Waals surface area contributed by atoms with Crippen molar-refractivity contribution in [1.29, 1.82) is 0 Å². The summed E-state index contributed by atoms with van der Waals surface area (Å²) in [5.41, 5.74) is 4.61. The number of nitrogens with zero attached hydrogens (tertiary/aromatic N) is 1. The highest BCUT2D eigenvalue weighted by Gasteiger charge is 2.18. The monoisotopic (exact) mass is 259 g/mol. The van der Waals surface area contributed by atoms with Crippen molar-refractivity contribution in [2.75, 3.05) is 39.8 Å². The fourth-order valence-corrected chi connectivity index (χ4v) is 3.32. The number of rotatable bonds is 4. The molecule has 0 spiro atoms. The lowest BCUT2D eigenvalue weighted by Crippen LogP contribution is -2.46. The van der Waals surface area contributed by atoms with Gasteiger partial charge in [-0.1, -0.05) is 18.2 Å². The van der Waals surface area contributed by atoms with Crippen LogP contribution in [0.25, 0.3) is 0 Å². The Morgan fingerprint density at radius 3 is 2.79 bits per heavy atom. The van der Waals surface area contributed by atoms with E-state index >= 15 is 0 Å². The first-order valence-electron chi connectivity index (χ1n) is 7.59. The van der Waals surface area contributed by atoms with Crippen LogP contribution < -0.4 is 10.6 Å². The van der Waals surface area contributed by atoms with Crippen molar-refractivity contribution in [3.8, 4) is 0 Å². The Labute approximate surface area is 116 Å². The van der Waals surface area contributed by atoms with Gasteiger partial charge < -0.3 is 10.6 Å². The van der Waals surface area contributed by atoms with Crippen LogP contribution in [0.1, 0.15) is 29.2 Å². The van der Waals surface area contributed by atoms with Crippen LogP contribution in [0.2, 0.25) is 0 Å². The average molecular weight is 259 g/mol. The first kappa shape index (κ1) is 13.1. The fraction of sp³-hybridized carbons (Fsp3) is 0.625. The van der Waals surface area contributed by atoms with Crippen LogP contribution in [0.15, 0.2) is 18.2 Å². The van der Waals surface area contributed by atoms with E-state index in [4.69, 9.17) is 0 Å². The van der Waals surface area contributed by atoms with E-state index in [-0.39, 0.29) is 0 Å². The summed E-state index contributed by atoms with van der Waals surface area (Å²) in [4.78, 5) is 2.56. The molecule has 0 saturated carbocycles. The molecule has 1 atom stereocenters. The minimum absolute atomic E-state index is 0.462. The van der Waals surface area contributed by atoms with Gasteiger partial charge in [0, 0.05) is 38.8 Å². The number of piperazine rings is 1. The molecule has 3 rings (SSSR count).